The second kappa shape index (κ2) is 9.82. The number of halogens is 3. The molecule has 1 saturated heterocycles. The molecule has 6 nitrogen and oxygen atoms in total. The van der Waals surface area contributed by atoms with Crippen molar-refractivity contribution in [3.05, 3.63) is 82.9 Å². The Morgan fingerprint density at radius 1 is 0.973 bits per heavy atom. The third-order valence-corrected chi connectivity index (χ3v) is 6.44. The lowest BCUT2D eigenvalue weighted by atomic mass is 9.97. The summed E-state index contributed by atoms with van der Waals surface area (Å²) in [6, 6.07) is 16.2. The molecule has 5 rings (SSSR count). The Balaban J connectivity index is 1.40. The fraction of sp³-hybridized carbons (Fsp3) is 0.250. The molecule has 1 amide bonds. The van der Waals surface area contributed by atoms with Crippen molar-refractivity contribution in [1.29, 1.82) is 0 Å². The summed E-state index contributed by atoms with van der Waals surface area (Å²) >= 11 is 0. The Morgan fingerprint density at radius 3 is 2.46 bits per heavy atom. The highest BCUT2D eigenvalue weighted by Gasteiger charge is 2.32. The second-order valence-corrected chi connectivity index (χ2v) is 8.99. The average molecular weight is 508 g/mol. The number of carbonyl (C=O) groups is 2. The summed E-state index contributed by atoms with van der Waals surface area (Å²) in [5.74, 6) is -0.714. The number of hydrogen-bond acceptors (Lipinski definition) is 5. The van der Waals surface area contributed by atoms with E-state index in [-0.39, 0.29) is 11.3 Å². The summed E-state index contributed by atoms with van der Waals surface area (Å²) in [5, 5.41) is 2.73. The van der Waals surface area contributed by atoms with Crippen molar-refractivity contribution < 1.29 is 27.5 Å². The largest absolute Gasteiger partial charge is 0.416 e. The van der Waals surface area contributed by atoms with Gasteiger partial charge in [-0.2, -0.15) is 13.2 Å². The molecular weight excluding hydrogens is 483 g/mol. The first-order valence-electron chi connectivity index (χ1n) is 11.8. The van der Waals surface area contributed by atoms with Gasteiger partial charge in [0, 0.05) is 42.5 Å². The zero-order valence-electron chi connectivity index (χ0n) is 20.1. The molecule has 0 aliphatic carbocycles. The van der Waals surface area contributed by atoms with Crippen molar-refractivity contribution in [1.82, 2.24) is 0 Å². The van der Waals surface area contributed by atoms with Gasteiger partial charge in [-0.15, -0.1) is 0 Å². The lowest BCUT2D eigenvalue weighted by molar-refractivity contribution is -0.137. The molecular formula is C28H24F3N3O3. The number of benzene rings is 3. The molecule has 0 atom stereocenters. The molecule has 0 spiro atoms. The van der Waals surface area contributed by atoms with Crippen molar-refractivity contribution >= 4 is 28.8 Å². The highest BCUT2D eigenvalue weighted by molar-refractivity contribution is 6.46. The Bertz CT molecular complexity index is 1410. The maximum absolute atomic E-state index is 13.6. The minimum Gasteiger partial charge on any atom is -0.378 e. The summed E-state index contributed by atoms with van der Waals surface area (Å²) in [5.41, 5.74) is 3.77. The first-order valence-corrected chi connectivity index (χ1v) is 11.8. The smallest absolute Gasteiger partial charge is 0.378 e. The third kappa shape index (κ3) is 5.27. The summed E-state index contributed by atoms with van der Waals surface area (Å²) in [4.78, 5) is 30.9. The number of morpholine rings is 1. The van der Waals surface area contributed by atoms with Crippen LogP contribution in [0.4, 0.5) is 24.5 Å². The molecule has 37 heavy (non-hydrogen) atoms. The third-order valence-electron chi connectivity index (χ3n) is 6.44. The van der Waals surface area contributed by atoms with Crippen LogP contribution >= 0.6 is 0 Å². The van der Waals surface area contributed by atoms with E-state index in [4.69, 9.17) is 4.74 Å². The van der Waals surface area contributed by atoms with Gasteiger partial charge in [-0.1, -0.05) is 24.3 Å². The fourth-order valence-electron chi connectivity index (χ4n) is 4.58. The first kappa shape index (κ1) is 24.7. The number of anilines is 2. The molecule has 3 aromatic rings. The topological polar surface area (TPSA) is 71.0 Å². The highest BCUT2D eigenvalue weighted by atomic mass is 19.4. The van der Waals surface area contributed by atoms with E-state index < -0.39 is 17.6 Å². The van der Waals surface area contributed by atoms with Crippen molar-refractivity contribution in [2.24, 2.45) is 4.99 Å². The molecule has 0 unspecified atom stereocenters. The number of hydrogen-bond donors (Lipinski definition) is 1. The van der Waals surface area contributed by atoms with Gasteiger partial charge in [-0.05, 0) is 53.1 Å². The second-order valence-electron chi connectivity index (χ2n) is 8.99. The van der Waals surface area contributed by atoms with Gasteiger partial charge < -0.3 is 15.0 Å². The number of fused-ring (bicyclic) bond motifs is 1. The number of aliphatic imine (C=N–C) groups is 1. The molecule has 1 N–H and O–H groups in total. The predicted octanol–water partition coefficient (Wildman–Crippen LogP) is 5.35. The Hall–Kier alpha value is -3.98. The summed E-state index contributed by atoms with van der Waals surface area (Å²) in [6.45, 7) is 3.64. The van der Waals surface area contributed by atoms with Crippen LogP contribution in [0.2, 0.25) is 0 Å². The lowest BCUT2D eigenvalue weighted by Crippen LogP contribution is -2.36. The van der Waals surface area contributed by atoms with Crippen LogP contribution in [-0.2, 0) is 22.3 Å². The van der Waals surface area contributed by atoms with Crippen molar-refractivity contribution in [2.75, 3.05) is 36.5 Å². The number of Topliss-reactive ketones (excluding diaryl/α,β-unsaturated/α-hetero) is 1. The van der Waals surface area contributed by atoms with E-state index >= 15 is 0 Å². The van der Waals surface area contributed by atoms with Crippen LogP contribution in [0, 0.1) is 0 Å². The number of amides is 1. The van der Waals surface area contributed by atoms with Crippen molar-refractivity contribution in [3.8, 4) is 11.1 Å². The standard InChI is InChI=1S/C28H24F3N3O3/c1-17(35)26-25-6-5-19(11-21(25)16-32-26)18-3-2-4-23(13-18)33-27(36)20-12-22(28(29,30)31)15-24(14-20)34-7-9-37-10-8-34/h2-6,11-15H,7-10,16H2,1H3,(H,33,36). The Labute approximate surface area is 211 Å². The van der Waals surface area contributed by atoms with Gasteiger partial charge in [0.25, 0.3) is 5.91 Å². The van der Waals surface area contributed by atoms with Gasteiger partial charge in [0.05, 0.1) is 25.3 Å². The predicted molar refractivity (Wildman–Crippen MR) is 135 cm³/mol. The zero-order valence-corrected chi connectivity index (χ0v) is 20.1. The van der Waals surface area contributed by atoms with E-state index in [0.29, 0.717) is 49.9 Å². The monoisotopic (exact) mass is 507 g/mol. The van der Waals surface area contributed by atoms with Crippen LogP contribution in [0.1, 0.15) is 34.0 Å². The Morgan fingerprint density at radius 2 is 1.73 bits per heavy atom. The Kier molecular flexibility index (Phi) is 6.55. The molecule has 0 radical (unpaired) electrons. The van der Waals surface area contributed by atoms with E-state index in [1.807, 2.05) is 24.3 Å². The SMILES string of the molecule is CC(=O)C1=NCc2cc(-c3cccc(NC(=O)c4cc(N5CCOCC5)cc(C(F)(F)F)c4)c3)ccc21. The van der Waals surface area contributed by atoms with Gasteiger partial charge >= 0.3 is 6.18 Å². The van der Waals surface area contributed by atoms with Crippen molar-refractivity contribution in [2.45, 2.75) is 19.6 Å². The molecule has 0 saturated carbocycles. The average Bonchev–Trinajstić information content (AvgIpc) is 3.32. The van der Waals surface area contributed by atoms with Gasteiger partial charge in [0.2, 0.25) is 0 Å². The van der Waals surface area contributed by atoms with Gasteiger partial charge in [-0.3, -0.25) is 14.6 Å². The normalized spacial score (nSPS) is 15.2. The number of nitrogens with zero attached hydrogens (tertiary/aromatic N) is 2. The number of rotatable bonds is 5. The molecule has 0 aromatic heterocycles. The van der Waals surface area contributed by atoms with Crippen LogP contribution in [0.25, 0.3) is 11.1 Å². The number of alkyl halides is 3. The quantitative estimate of drug-likeness (QED) is 0.505. The molecule has 1 fully saturated rings. The number of ketones is 1. The molecule has 3 aromatic carbocycles. The van der Waals surface area contributed by atoms with E-state index in [1.54, 1.807) is 23.1 Å². The minimum atomic E-state index is -4.59. The first-order chi connectivity index (χ1) is 17.7. The van der Waals surface area contributed by atoms with Gasteiger partial charge in [0.15, 0.2) is 5.78 Å². The van der Waals surface area contributed by atoms with Crippen LogP contribution in [0.3, 0.4) is 0 Å². The molecule has 2 heterocycles. The zero-order chi connectivity index (χ0) is 26.2. The van der Waals surface area contributed by atoms with E-state index in [2.05, 4.69) is 10.3 Å². The molecule has 9 heteroatoms. The molecule has 2 aliphatic heterocycles. The number of ether oxygens (including phenoxy) is 1. The van der Waals surface area contributed by atoms with Crippen LogP contribution in [0.5, 0.6) is 0 Å². The van der Waals surface area contributed by atoms with Gasteiger partial charge in [-0.25, -0.2) is 0 Å². The lowest BCUT2D eigenvalue weighted by Gasteiger charge is -2.29. The van der Waals surface area contributed by atoms with E-state index in [0.717, 1.165) is 34.4 Å². The van der Waals surface area contributed by atoms with E-state index in [1.165, 1.54) is 13.0 Å². The summed E-state index contributed by atoms with van der Waals surface area (Å²) in [7, 11) is 0. The fourth-order valence-corrected chi connectivity index (χ4v) is 4.58. The molecule has 190 valence electrons. The van der Waals surface area contributed by atoms with Gasteiger partial charge in [0.1, 0.15) is 5.71 Å². The minimum absolute atomic E-state index is 0.0758. The molecule has 2 aliphatic rings. The van der Waals surface area contributed by atoms with Crippen LogP contribution in [0.15, 0.2) is 65.7 Å². The maximum atomic E-state index is 13.6. The molecule has 0 bridgehead atoms. The van der Waals surface area contributed by atoms with Crippen molar-refractivity contribution in [3.63, 3.8) is 0 Å². The van der Waals surface area contributed by atoms with E-state index in [9.17, 15) is 22.8 Å². The summed E-state index contributed by atoms with van der Waals surface area (Å²) < 4.78 is 46.1. The van der Waals surface area contributed by atoms with Crippen LogP contribution < -0.4 is 10.2 Å². The van der Waals surface area contributed by atoms with Crippen LogP contribution in [-0.4, -0.2) is 43.7 Å². The number of carbonyl (C=O) groups excluding carboxylic acids is 2. The maximum Gasteiger partial charge on any atom is 0.416 e. The number of nitrogens with one attached hydrogen (secondary N) is 1. The highest BCUT2D eigenvalue weighted by Crippen LogP contribution is 2.34. The summed E-state index contributed by atoms with van der Waals surface area (Å²) in [6.07, 6.45) is -4.59.